The van der Waals surface area contributed by atoms with Gasteiger partial charge in [0.25, 0.3) is 0 Å². The molecule has 82 valence electrons. The number of aliphatic hydroxyl groups is 1. The number of carbonyl (C=O) groups excluding carboxylic acids is 1. The van der Waals surface area contributed by atoms with Gasteiger partial charge >= 0.3 is 6.03 Å². The molecule has 0 unspecified atom stereocenters. The lowest BCUT2D eigenvalue weighted by Gasteiger charge is -2.04. The van der Waals surface area contributed by atoms with Crippen molar-refractivity contribution >= 4 is 6.03 Å². The van der Waals surface area contributed by atoms with Crippen LogP contribution in [-0.2, 0) is 0 Å². The summed E-state index contributed by atoms with van der Waals surface area (Å²) in [7, 11) is 0. The molecule has 0 aromatic heterocycles. The number of nitrogens with one attached hydrogen (secondary N) is 2. The summed E-state index contributed by atoms with van der Waals surface area (Å²) in [6, 6.07) is -0.171. The molecule has 4 heteroatoms. The van der Waals surface area contributed by atoms with Gasteiger partial charge in [0.15, 0.2) is 0 Å². The highest BCUT2D eigenvalue weighted by atomic mass is 16.2. The first-order chi connectivity index (χ1) is 6.66. The van der Waals surface area contributed by atoms with Crippen LogP contribution in [0.1, 0.15) is 33.1 Å². The molecule has 0 aliphatic rings. The second-order valence-corrected chi connectivity index (χ2v) is 3.41. The molecule has 3 N–H and O–H groups in total. The average molecular weight is 200 g/mol. The van der Waals surface area contributed by atoms with Gasteiger partial charge in [0.2, 0.25) is 0 Å². The Hall–Kier alpha value is -1.03. The summed E-state index contributed by atoms with van der Waals surface area (Å²) in [4.78, 5) is 11.1. The van der Waals surface area contributed by atoms with Gasteiger partial charge in [-0.25, -0.2) is 4.79 Å². The van der Waals surface area contributed by atoms with Crippen molar-refractivity contribution in [2.45, 2.75) is 33.1 Å². The summed E-state index contributed by atoms with van der Waals surface area (Å²) in [6.45, 7) is 4.72. The van der Waals surface area contributed by atoms with Crippen molar-refractivity contribution in [1.82, 2.24) is 10.6 Å². The van der Waals surface area contributed by atoms with E-state index in [2.05, 4.69) is 10.6 Å². The van der Waals surface area contributed by atoms with Crippen LogP contribution in [-0.4, -0.2) is 24.3 Å². The van der Waals surface area contributed by atoms with Crippen LogP contribution in [0.3, 0.4) is 0 Å². The molecule has 0 saturated heterocycles. The van der Waals surface area contributed by atoms with E-state index in [0.29, 0.717) is 6.54 Å². The van der Waals surface area contributed by atoms with Gasteiger partial charge in [-0.2, -0.15) is 0 Å². The fourth-order valence-electron chi connectivity index (χ4n) is 0.876. The highest BCUT2D eigenvalue weighted by Gasteiger charge is 1.95. The molecule has 0 aromatic rings. The van der Waals surface area contributed by atoms with Gasteiger partial charge in [-0.3, -0.25) is 0 Å². The number of unbranched alkanes of at least 4 members (excludes halogenated alkanes) is 2. The zero-order valence-corrected chi connectivity index (χ0v) is 8.97. The maximum Gasteiger partial charge on any atom is 0.318 e. The molecule has 0 heterocycles. The molecule has 0 spiro atoms. The van der Waals surface area contributed by atoms with Crippen LogP contribution in [0.4, 0.5) is 4.79 Å². The molecule has 0 bridgehead atoms. The Labute approximate surface area is 85.4 Å². The normalized spacial score (nSPS) is 9.36. The summed E-state index contributed by atoms with van der Waals surface area (Å²) in [5.41, 5.74) is 1.06. The standard InChI is InChI=1S/C10H20N2O2/c1-9(2)8-12-10(14)11-6-4-3-5-7-13/h8,13H,3-7H2,1-2H3,(H2,11,12,14). The Morgan fingerprint density at radius 3 is 2.57 bits per heavy atom. The molecule has 0 atom stereocenters. The molecule has 0 fully saturated rings. The van der Waals surface area contributed by atoms with E-state index >= 15 is 0 Å². The Morgan fingerprint density at radius 1 is 1.29 bits per heavy atom. The van der Waals surface area contributed by atoms with Gasteiger partial charge in [-0.15, -0.1) is 0 Å². The summed E-state index contributed by atoms with van der Waals surface area (Å²) in [6.07, 6.45) is 4.32. The Kier molecular flexibility index (Phi) is 7.93. The van der Waals surface area contributed by atoms with Crippen LogP contribution >= 0.6 is 0 Å². The molecule has 4 nitrogen and oxygen atoms in total. The topological polar surface area (TPSA) is 61.4 Å². The molecule has 14 heavy (non-hydrogen) atoms. The van der Waals surface area contributed by atoms with Gasteiger partial charge < -0.3 is 15.7 Å². The number of hydrogen-bond donors (Lipinski definition) is 3. The molecule has 2 amide bonds. The third-order valence-electron chi connectivity index (χ3n) is 1.61. The first-order valence-electron chi connectivity index (χ1n) is 4.95. The molecule has 0 rings (SSSR count). The molecule has 0 aliphatic carbocycles. The van der Waals surface area contributed by atoms with Gasteiger partial charge in [0.05, 0.1) is 0 Å². The summed E-state index contributed by atoms with van der Waals surface area (Å²) >= 11 is 0. The van der Waals surface area contributed by atoms with Crippen molar-refractivity contribution in [1.29, 1.82) is 0 Å². The summed E-state index contributed by atoms with van der Waals surface area (Å²) < 4.78 is 0. The van der Waals surface area contributed by atoms with E-state index in [-0.39, 0.29) is 12.6 Å². The lowest BCUT2D eigenvalue weighted by atomic mass is 10.2. The van der Waals surface area contributed by atoms with Crippen molar-refractivity contribution in [2.75, 3.05) is 13.2 Å². The van der Waals surface area contributed by atoms with Gasteiger partial charge in [-0.05, 0) is 33.1 Å². The van der Waals surface area contributed by atoms with Gasteiger partial charge in [-0.1, -0.05) is 5.57 Å². The smallest absolute Gasteiger partial charge is 0.318 e. The number of rotatable bonds is 6. The molecule has 0 radical (unpaired) electrons. The van der Waals surface area contributed by atoms with Gasteiger partial charge in [0.1, 0.15) is 0 Å². The lowest BCUT2D eigenvalue weighted by molar-refractivity contribution is 0.243. The van der Waals surface area contributed by atoms with E-state index in [1.165, 1.54) is 0 Å². The summed E-state index contributed by atoms with van der Waals surface area (Å²) in [5.74, 6) is 0. The number of aliphatic hydroxyl groups excluding tert-OH is 1. The number of hydrogen-bond acceptors (Lipinski definition) is 2. The molecule has 0 aromatic carbocycles. The molecule has 0 aliphatic heterocycles. The maximum absolute atomic E-state index is 11.1. The quantitative estimate of drug-likeness (QED) is 0.567. The molecule has 0 saturated carbocycles. The monoisotopic (exact) mass is 200 g/mol. The second kappa shape index (κ2) is 8.56. The number of urea groups is 1. The predicted molar refractivity (Wildman–Crippen MR) is 56.9 cm³/mol. The van der Waals surface area contributed by atoms with Crippen molar-refractivity contribution in [3.8, 4) is 0 Å². The number of carbonyl (C=O) groups is 1. The number of allylic oxidation sites excluding steroid dienone is 1. The second-order valence-electron chi connectivity index (χ2n) is 3.41. The lowest BCUT2D eigenvalue weighted by Crippen LogP contribution is -2.32. The third kappa shape index (κ3) is 9.06. The molecular formula is C10H20N2O2. The van der Waals surface area contributed by atoms with Crippen LogP contribution in [0.2, 0.25) is 0 Å². The van der Waals surface area contributed by atoms with Crippen LogP contribution < -0.4 is 10.6 Å². The van der Waals surface area contributed by atoms with Crippen LogP contribution in [0, 0.1) is 0 Å². The minimum absolute atomic E-state index is 0.171. The zero-order chi connectivity index (χ0) is 10.8. The highest BCUT2D eigenvalue weighted by Crippen LogP contribution is 1.91. The van der Waals surface area contributed by atoms with E-state index in [4.69, 9.17) is 5.11 Å². The first-order valence-corrected chi connectivity index (χ1v) is 4.95. The Morgan fingerprint density at radius 2 is 2.00 bits per heavy atom. The maximum atomic E-state index is 11.1. The Bertz CT molecular complexity index is 187. The number of amides is 2. The van der Waals surface area contributed by atoms with Crippen molar-refractivity contribution < 1.29 is 9.90 Å². The Balaban J connectivity index is 3.32. The fraction of sp³-hybridized carbons (Fsp3) is 0.700. The van der Waals surface area contributed by atoms with E-state index in [1.54, 1.807) is 6.20 Å². The van der Waals surface area contributed by atoms with Crippen LogP contribution in [0.25, 0.3) is 0 Å². The van der Waals surface area contributed by atoms with E-state index in [9.17, 15) is 4.79 Å². The van der Waals surface area contributed by atoms with Crippen molar-refractivity contribution in [3.63, 3.8) is 0 Å². The van der Waals surface area contributed by atoms with Crippen molar-refractivity contribution in [2.24, 2.45) is 0 Å². The van der Waals surface area contributed by atoms with Crippen molar-refractivity contribution in [3.05, 3.63) is 11.8 Å². The zero-order valence-electron chi connectivity index (χ0n) is 8.97. The van der Waals surface area contributed by atoms with Crippen LogP contribution in [0.5, 0.6) is 0 Å². The fourth-order valence-corrected chi connectivity index (χ4v) is 0.876. The minimum atomic E-state index is -0.171. The minimum Gasteiger partial charge on any atom is -0.396 e. The third-order valence-corrected chi connectivity index (χ3v) is 1.61. The SMILES string of the molecule is CC(C)=CNC(=O)NCCCCCO. The van der Waals surface area contributed by atoms with E-state index in [0.717, 1.165) is 24.8 Å². The predicted octanol–water partition coefficient (Wildman–Crippen LogP) is 1.37. The largest absolute Gasteiger partial charge is 0.396 e. The first kappa shape index (κ1) is 13.0. The highest BCUT2D eigenvalue weighted by molar-refractivity contribution is 5.74. The molecular weight excluding hydrogens is 180 g/mol. The van der Waals surface area contributed by atoms with E-state index < -0.39 is 0 Å². The average Bonchev–Trinajstić information content (AvgIpc) is 2.14. The van der Waals surface area contributed by atoms with Gasteiger partial charge in [0, 0.05) is 19.4 Å². The van der Waals surface area contributed by atoms with Crippen LogP contribution in [0.15, 0.2) is 11.8 Å². The summed E-state index contributed by atoms with van der Waals surface area (Å²) in [5, 5.41) is 13.8. The van der Waals surface area contributed by atoms with E-state index in [1.807, 2.05) is 13.8 Å².